The Labute approximate surface area is 84.6 Å². The number of esters is 1. The molecule has 0 saturated carbocycles. The van der Waals surface area contributed by atoms with Crippen LogP contribution in [-0.4, -0.2) is 18.7 Å². The van der Waals surface area contributed by atoms with Crippen molar-refractivity contribution in [3.05, 3.63) is 0 Å². The molecule has 0 aromatic heterocycles. The molecule has 0 fully saturated rings. The van der Waals surface area contributed by atoms with Crippen LogP contribution in [0.1, 0.15) is 46.0 Å². The lowest BCUT2D eigenvalue weighted by Crippen LogP contribution is -2.14. The Morgan fingerprint density at radius 2 is 1.71 bits per heavy atom. The lowest BCUT2D eigenvalue weighted by atomic mass is 10.3. The maximum absolute atomic E-state index is 10.9. The first-order valence-corrected chi connectivity index (χ1v) is 5.08. The van der Waals surface area contributed by atoms with Crippen molar-refractivity contribution in [2.45, 2.75) is 46.0 Å². The summed E-state index contributed by atoms with van der Waals surface area (Å²) in [6.45, 7) is 4.27. The Hall–Kier alpha value is -1.06. The highest BCUT2D eigenvalue weighted by Crippen LogP contribution is 1.98. The van der Waals surface area contributed by atoms with Gasteiger partial charge in [-0.2, -0.15) is 0 Å². The Balaban J connectivity index is 3.45. The molecule has 0 heterocycles. The Morgan fingerprint density at radius 3 is 2.29 bits per heavy atom. The third kappa shape index (κ3) is 7.58. The zero-order valence-corrected chi connectivity index (χ0v) is 8.88. The minimum Gasteiger partial charge on any atom is -0.434 e. The third-order valence-corrected chi connectivity index (χ3v) is 1.65. The van der Waals surface area contributed by atoms with Crippen molar-refractivity contribution in [2.75, 3.05) is 6.61 Å². The predicted octanol–water partition coefficient (Wildman–Crippen LogP) is 2.66. The predicted molar refractivity (Wildman–Crippen MR) is 51.9 cm³/mol. The fourth-order valence-electron chi connectivity index (χ4n) is 0.794. The summed E-state index contributed by atoms with van der Waals surface area (Å²) >= 11 is 0. The molecule has 0 spiro atoms. The lowest BCUT2D eigenvalue weighted by molar-refractivity contribution is -0.139. The van der Waals surface area contributed by atoms with E-state index in [4.69, 9.17) is 0 Å². The molecule has 0 aromatic rings. The summed E-state index contributed by atoms with van der Waals surface area (Å²) in [5, 5.41) is 0. The third-order valence-electron chi connectivity index (χ3n) is 1.65. The minimum atomic E-state index is -0.875. The summed E-state index contributed by atoms with van der Waals surface area (Å²) in [5.41, 5.74) is 0. The van der Waals surface area contributed by atoms with Gasteiger partial charge in [-0.05, 0) is 12.8 Å². The van der Waals surface area contributed by atoms with Gasteiger partial charge in [0.2, 0.25) is 0 Å². The van der Waals surface area contributed by atoms with Gasteiger partial charge in [-0.15, -0.1) is 0 Å². The van der Waals surface area contributed by atoms with E-state index >= 15 is 0 Å². The average molecular weight is 202 g/mol. The second-order valence-corrected chi connectivity index (χ2v) is 3.03. The second-order valence-electron chi connectivity index (χ2n) is 3.03. The Bertz CT molecular complexity index is 177. The summed E-state index contributed by atoms with van der Waals surface area (Å²) in [4.78, 5) is 21.7. The van der Waals surface area contributed by atoms with Gasteiger partial charge in [-0.1, -0.05) is 26.7 Å². The normalized spacial score (nSPS) is 9.57. The molecule has 0 radical (unpaired) electrons. The van der Waals surface area contributed by atoms with Crippen molar-refractivity contribution in [1.82, 2.24) is 0 Å². The average Bonchev–Trinajstić information content (AvgIpc) is 2.15. The molecule has 0 saturated heterocycles. The van der Waals surface area contributed by atoms with Crippen LogP contribution < -0.4 is 0 Å². The van der Waals surface area contributed by atoms with Crippen LogP contribution in [0.3, 0.4) is 0 Å². The number of carbonyl (C=O) groups excluding carboxylic acids is 2. The van der Waals surface area contributed by atoms with Crippen LogP contribution in [0.5, 0.6) is 0 Å². The molecule has 0 bridgehead atoms. The highest BCUT2D eigenvalue weighted by Gasteiger charge is 2.10. The van der Waals surface area contributed by atoms with E-state index in [2.05, 4.69) is 9.47 Å². The van der Waals surface area contributed by atoms with E-state index in [-0.39, 0.29) is 6.42 Å². The largest absolute Gasteiger partial charge is 0.516 e. The Morgan fingerprint density at radius 1 is 1.07 bits per heavy atom. The van der Waals surface area contributed by atoms with Crippen LogP contribution in [-0.2, 0) is 14.3 Å². The number of carbonyl (C=O) groups is 2. The van der Waals surface area contributed by atoms with Crippen molar-refractivity contribution in [3.8, 4) is 0 Å². The molecule has 0 aromatic carbocycles. The first kappa shape index (κ1) is 12.9. The van der Waals surface area contributed by atoms with Crippen molar-refractivity contribution < 1.29 is 19.1 Å². The maximum Gasteiger partial charge on any atom is 0.516 e. The molecular formula is C10H18O4. The van der Waals surface area contributed by atoms with Crippen LogP contribution >= 0.6 is 0 Å². The number of unbranched alkanes of at least 4 members (excludes halogenated alkanes) is 2. The van der Waals surface area contributed by atoms with Crippen LogP contribution in [0.2, 0.25) is 0 Å². The van der Waals surface area contributed by atoms with Crippen molar-refractivity contribution in [2.24, 2.45) is 0 Å². The van der Waals surface area contributed by atoms with Gasteiger partial charge in [0, 0.05) is 6.42 Å². The monoisotopic (exact) mass is 202 g/mol. The molecule has 82 valence electrons. The van der Waals surface area contributed by atoms with Gasteiger partial charge in [0.1, 0.15) is 0 Å². The summed E-state index contributed by atoms with van der Waals surface area (Å²) in [6, 6.07) is 0. The molecule has 0 atom stereocenters. The number of rotatable bonds is 6. The molecule has 4 heteroatoms. The Kier molecular flexibility index (Phi) is 7.89. The molecule has 4 nitrogen and oxygen atoms in total. The van der Waals surface area contributed by atoms with E-state index in [1.54, 1.807) is 0 Å². The van der Waals surface area contributed by atoms with E-state index in [9.17, 15) is 9.59 Å². The molecule has 0 rings (SSSR count). The number of ether oxygens (including phenoxy) is 2. The van der Waals surface area contributed by atoms with Gasteiger partial charge < -0.3 is 9.47 Å². The second kappa shape index (κ2) is 8.53. The van der Waals surface area contributed by atoms with Crippen molar-refractivity contribution in [3.63, 3.8) is 0 Å². The lowest BCUT2D eigenvalue weighted by Gasteiger charge is -2.03. The first-order chi connectivity index (χ1) is 6.70. The van der Waals surface area contributed by atoms with Crippen LogP contribution in [0, 0.1) is 0 Å². The van der Waals surface area contributed by atoms with E-state index in [1.165, 1.54) is 0 Å². The molecule has 14 heavy (non-hydrogen) atoms. The van der Waals surface area contributed by atoms with Gasteiger partial charge in [0.25, 0.3) is 0 Å². The molecule has 0 N–H and O–H groups in total. The highest BCUT2D eigenvalue weighted by atomic mass is 16.7. The highest BCUT2D eigenvalue weighted by molar-refractivity contribution is 5.81. The molecular weight excluding hydrogens is 184 g/mol. The van der Waals surface area contributed by atoms with E-state index in [0.29, 0.717) is 6.61 Å². The topological polar surface area (TPSA) is 52.6 Å². The smallest absolute Gasteiger partial charge is 0.434 e. The SMILES string of the molecule is CCCCOC(=O)OC(=O)CCCC. The summed E-state index contributed by atoms with van der Waals surface area (Å²) in [6.07, 6.45) is 2.77. The molecule has 0 amide bonds. The zero-order valence-electron chi connectivity index (χ0n) is 8.88. The van der Waals surface area contributed by atoms with Gasteiger partial charge in [-0.25, -0.2) is 4.79 Å². The summed E-state index contributed by atoms with van der Waals surface area (Å²) in [5.74, 6) is -0.506. The van der Waals surface area contributed by atoms with E-state index in [1.807, 2.05) is 13.8 Å². The van der Waals surface area contributed by atoms with Crippen LogP contribution in [0.4, 0.5) is 4.79 Å². The molecule has 0 aliphatic carbocycles. The van der Waals surface area contributed by atoms with Gasteiger partial charge in [-0.3, -0.25) is 4.79 Å². The minimum absolute atomic E-state index is 0.277. The standard InChI is InChI=1S/C10H18O4/c1-3-5-7-9(11)14-10(12)13-8-6-4-2/h3-8H2,1-2H3. The quantitative estimate of drug-likeness (QED) is 0.377. The van der Waals surface area contributed by atoms with Gasteiger partial charge in [0.15, 0.2) is 0 Å². The molecule has 0 aliphatic heterocycles. The van der Waals surface area contributed by atoms with Gasteiger partial charge in [0.05, 0.1) is 6.61 Å². The summed E-state index contributed by atoms with van der Waals surface area (Å²) in [7, 11) is 0. The van der Waals surface area contributed by atoms with Gasteiger partial charge >= 0.3 is 12.1 Å². The van der Waals surface area contributed by atoms with Crippen LogP contribution in [0.15, 0.2) is 0 Å². The van der Waals surface area contributed by atoms with E-state index in [0.717, 1.165) is 25.7 Å². The first-order valence-electron chi connectivity index (χ1n) is 5.08. The fourth-order valence-corrected chi connectivity index (χ4v) is 0.794. The summed E-state index contributed by atoms with van der Waals surface area (Å²) < 4.78 is 9.05. The number of hydrogen-bond donors (Lipinski definition) is 0. The maximum atomic E-state index is 10.9. The van der Waals surface area contributed by atoms with E-state index < -0.39 is 12.1 Å². The fraction of sp³-hybridized carbons (Fsp3) is 0.800. The van der Waals surface area contributed by atoms with Crippen molar-refractivity contribution in [1.29, 1.82) is 0 Å². The van der Waals surface area contributed by atoms with Crippen molar-refractivity contribution >= 4 is 12.1 Å². The molecule has 0 unspecified atom stereocenters. The zero-order chi connectivity index (χ0) is 10.8. The number of hydrogen-bond acceptors (Lipinski definition) is 4. The molecule has 0 aliphatic rings. The van der Waals surface area contributed by atoms with Crippen LogP contribution in [0.25, 0.3) is 0 Å².